The molecule has 192 valence electrons. The highest BCUT2D eigenvalue weighted by atomic mass is 16.5. The first-order valence-corrected chi connectivity index (χ1v) is 11.6. The van der Waals surface area contributed by atoms with E-state index >= 15 is 0 Å². The number of carbonyl (C=O) groups is 1. The number of amides is 2. The zero-order valence-corrected chi connectivity index (χ0v) is 20.0. The Labute approximate surface area is 214 Å². The van der Waals surface area contributed by atoms with E-state index in [9.17, 15) is 9.90 Å². The van der Waals surface area contributed by atoms with Gasteiger partial charge in [0.1, 0.15) is 22.5 Å². The fraction of sp³-hybridized carbons (Fsp3) is 0.0741. The number of fused-ring (bicyclic) bond motifs is 6. The summed E-state index contributed by atoms with van der Waals surface area (Å²) in [7, 11) is 0. The van der Waals surface area contributed by atoms with Crippen LogP contribution in [0.3, 0.4) is 0 Å². The molecule has 11 N–H and O–H groups in total. The maximum Gasteiger partial charge on any atom is 0.322 e. The van der Waals surface area contributed by atoms with Gasteiger partial charge in [-0.2, -0.15) is 0 Å². The lowest BCUT2D eigenvalue weighted by atomic mass is 10.1. The Morgan fingerprint density at radius 2 is 1.37 bits per heavy atom. The lowest BCUT2D eigenvalue weighted by Gasteiger charge is -2.30. The number of hydrogen-bond acceptors (Lipinski definition) is 9. The summed E-state index contributed by atoms with van der Waals surface area (Å²) in [6, 6.07) is 16.7. The van der Waals surface area contributed by atoms with Crippen LogP contribution in [0.4, 0.5) is 33.2 Å². The number of anilines is 5. The summed E-state index contributed by atoms with van der Waals surface area (Å²) >= 11 is 0. The highest BCUT2D eigenvalue weighted by Gasteiger charge is 2.30. The third-order valence-electron chi connectivity index (χ3n) is 6.58. The molecule has 0 bridgehead atoms. The van der Waals surface area contributed by atoms with E-state index < -0.39 is 18.9 Å². The van der Waals surface area contributed by atoms with Crippen molar-refractivity contribution >= 4 is 78.3 Å². The van der Waals surface area contributed by atoms with Gasteiger partial charge in [-0.15, -0.1) is 0 Å². The lowest BCUT2D eigenvalue weighted by molar-refractivity contribution is 0.116. The van der Waals surface area contributed by atoms with E-state index in [2.05, 4.69) is 0 Å². The number of aliphatic hydroxyl groups excluding tert-OH is 1. The Kier molecular flexibility index (Phi) is 5.11. The van der Waals surface area contributed by atoms with E-state index in [1.807, 2.05) is 36.4 Å². The van der Waals surface area contributed by atoms with E-state index in [4.69, 9.17) is 42.2 Å². The van der Waals surface area contributed by atoms with Crippen LogP contribution in [0.25, 0.3) is 43.9 Å². The number of nitrogens with two attached hydrogens (primary N) is 5. The standard InChI is InChI=1S/C27H24N6O5/c28-14-9-16(23(30)25-21(14)12-5-1-3-7-17(12)37-25)33(27(32)35)20(11-34)36-19-10-15(29)22-13-6-2-4-8-18(13)38-26(22)24(19)31/h1-10,20,34H,11,28-31H2,(H2,32,35). The summed E-state index contributed by atoms with van der Waals surface area (Å²) in [5, 5.41) is 13.1. The first kappa shape index (κ1) is 23.1. The van der Waals surface area contributed by atoms with Crippen LogP contribution in [0.2, 0.25) is 0 Å². The summed E-state index contributed by atoms with van der Waals surface area (Å²) in [4.78, 5) is 13.7. The topological polar surface area (TPSA) is 206 Å². The SMILES string of the molecule is NC(=O)N(c1cc(N)c2c(oc3ccccc32)c1N)C(CO)Oc1cc(N)c2c(oc3ccccc32)c1N. The Bertz CT molecular complexity index is 1890. The molecule has 0 saturated heterocycles. The predicted octanol–water partition coefficient (Wildman–Crippen LogP) is 4.10. The number of primary amides is 1. The molecular formula is C27H24N6O5. The van der Waals surface area contributed by atoms with Gasteiger partial charge in [0, 0.05) is 28.2 Å². The van der Waals surface area contributed by atoms with Crippen LogP contribution in [-0.4, -0.2) is 24.0 Å². The molecule has 4 aromatic carbocycles. The van der Waals surface area contributed by atoms with Gasteiger partial charge in [-0.3, -0.25) is 4.90 Å². The number of hydrogen-bond donors (Lipinski definition) is 6. The summed E-state index contributed by atoms with van der Waals surface area (Å²) in [5.41, 5.74) is 34.0. The van der Waals surface area contributed by atoms with Crippen molar-refractivity contribution < 1.29 is 23.5 Å². The zero-order chi connectivity index (χ0) is 26.7. The van der Waals surface area contributed by atoms with Crippen molar-refractivity contribution in [1.82, 2.24) is 0 Å². The highest BCUT2D eigenvalue weighted by Crippen LogP contribution is 2.44. The number of furan rings is 2. The Balaban J connectivity index is 1.47. The van der Waals surface area contributed by atoms with Crippen molar-refractivity contribution in [3.8, 4) is 5.75 Å². The summed E-state index contributed by atoms with van der Waals surface area (Å²) < 4.78 is 17.9. The number of carbonyl (C=O) groups excluding carboxylic acids is 1. The average Bonchev–Trinajstić information content (AvgIpc) is 3.49. The van der Waals surface area contributed by atoms with E-state index in [0.29, 0.717) is 38.9 Å². The van der Waals surface area contributed by atoms with Gasteiger partial charge in [0.15, 0.2) is 16.9 Å². The number of aliphatic hydroxyl groups is 1. The van der Waals surface area contributed by atoms with Crippen molar-refractivity contribution in [3.05, 3.63) is 60.7 Å². The van der Waals surface area contributed by atoms with Gasteiger partial charge in [-0.05, 0) is 18.2 Å². The van der Waals surface area contributed by atoms with Gasteiger partial charge in [-0.25, -0.2) is 4.79 Å². The van der Waals surface area contributed by atoms with Crippen LogP contribution in [0.5, 0.6) is 5.75 Å². The number of benzene rings is 4. The van der Waals surface area contributed by atoms with Crippen molar-refractivity contribution in [2.75, 3.05) is 34.4 Å². The second-order valence-corrected chi connectivity index (χ2v) is 8.84. The number of urea groups is 1. The van der Waals surface area contributed by atoms with Gasteiger partial charge in [-0.1, -0.05) is 36.4 Å². The van der Waals surface area contributed by atoms with Crippen molar-refractivity contribution in [1.29, 1.82) is 0 Å². The third-order valence-corrected chi connectivity index (χ3v) is 6.58. The van der Waals surface area contributed by atoms with Crippen LogP contribution in [0, 0.1) is 0 Å². The number of nitrogens with zero attached hydrogens (tertiary/aromatic N) is 1. The van der Waals surface area contributed by atoms with E-state index in [1.165, 1.54) is 12.1 Å². The van der Waals surface area contributed by atoms with E-state index in [1.54, 1.807) is 12.1 Å². The predicted molar refractivity (Wildman–Crippen MR) is 149 cm³/mol. The first-order valence-electron chi connectivity index (χ1n) is 11.6. The second kappa shape index (κ2) is 8.39. The fourth-order valence-corrected chi connectivity index (χ4v) is 4.89. The summed E-state index contributed by atoms with van der Waals surface area (Å²) in [5.74, 6) is 0.0794. The molecule has 0 spiro atoms. The van der Waals surface area contributed by atoms with Crippen molar-refractivity contribution in [2.24, 2.45) is 5.73 Å². The quantitative estimate of drug-likeness (QED) is 0.145. The molecule has 0 saturated carbocycles. The molecule has 6 aromatic rings. The van der Waals surface area contributed by atoms with E-state index in [-0.39, 0.29) is 28.4 Å². The number of para-hydroxylation sites is 2. The van der Waals surface area contributed by atoms with Crippen molar-refractivity contribution in [3.63, 3.8) is 0 Å². The largest absolute Gasteiger partial charge is 0.465 e. The molecule has 0 radical (unpaired) electrons. The van der Waals surface area contributed by atoms with Gasteiger partial charge in [0.2, 0.25) is 6.23 Å². The minimum absolute atomic E-state index is 0.0794. The van der Waals surface area contributed by atoms with Crippen molar-refractivity contribution in [2.45, 2.75) is 6.23 Å². The molecule has 11 heteroatoms. The van der Waals surface area contributed by atoms with Crippen LogP contribution in [0.15, 0.2) is 69.5 Å². The van der Waals surface area contributed by atoms with Gasteiger partial charge in [0.05, 0.1) is 23.1 Å². The number of ether oxygens (including phenoxy) is 1. The van der Waals surface area contributed by atoms with Gasteiger partial charge >= 0.3 is 6.03 Å². The van der Waals surface area contributed by atoms with E-state index in [0.717, 1.165) is 15.7 Å². The van der Waals surface area contributed by atoms with Crippen LogP contribution in [-0.2, 0) is 0 Å². The smallest absolute Gasteiger partial charge is 0.322 e. The monoisotopic (exact) mass is 512 g/mol. The Hall–Kier alpha value is -5.29. The molecule has 1 unspecified atom stereocenters. The Morgan fingerprint density at radius 1 is 0.842 bits per heavy atom. The molecule has 2 amide bonds. The first-order chi connectivity index (χ1) is 18.3. The number of rotatable bonds is 5. The minimum Gasteiger partial charge on any atom is -0.465 e. The molecule has 0 aliphatic rings. The molecule has 11 nitrogen and oxygen atoms in total. The maximum absolute atomic E-state index is 12.7. The molecule has 38 heavy (non-hydrogen) atoms. The van der Waals surface area contributed by atoms with Gasteiger partial charge < -0.3 is 47.3 Å². The number of nitrogen functional groups attached to an aromatic ring is 4. The molecule has 0 fully saturated rings. The van der Waals surface area contributed by atoms with Crippen LogP contribution in [0.1, 0.15) is 0 Å². The summed E-state index contributed by atoms with van der Waals surface area (Å²) in [6.45, 7) is -0.669. The maximum atomic E-state index is 12.7. The van der Waals surface area contributed by atoms with Crippen LogP contribution < -0.4 is 38.3 Å². The summed E-state index contributed by atoms with van der Waals surface area (Å²) in [6.07, 6.45) is -1.35. The molecule has 0 aliphatic carbocycles. The second-order valence-electron chi connectivity index (χ2n) is 8.84. The van der Waals surface area contributed by atoms with Crippen LogP contribution >= 0.6 is 0 Å². The molecule has 2 aromatic heterocycles. The molecule has 2 heterocycles. The lowest BCUT2D eigenvalue weighted by Crippen LogP contribution is -2.49. The minimum atomic E-state index is -1.35. The highest BCUT2D eigenvalue weighted by molar-refractivity contribution is 6.18. The third kappa shape index (κ3) is 3.29. The normalized spacial score (nSPS) is 12.4. The molecular weight excluding hydrogens is 488 g/mol. The molecule has 6 rings (SSSR count). The van der Waals surface area contributed by atoms with Gasteiger partial charge in [0.25, 0.3) is 0 Å². The zero-order valence-electron chi connectivity index (χ0n) is 20.0. The fourth-order valence-electron chi connectivity index (χ4n) is 4.89. The average molecular weight is 513 g/mol. The molecule has 1 atom stereocenters. The Morgan fingerprint density at radius 3 is 1.92 bits per heavy atom. The molecule has 0 aliphatic heterocycles.